The number of hydrogen-bond acceptors (Lipinski definition) is 5. The van der Waals surface area contributed by atoms with E-state index >= 15 is 0 Å². The Morgan fingerprint density at radius 1 is 1.10 bits per heavy atom. The highest BCUT2D eigenvalue weighted by molar-refractivity contribution is 7.89. The zero-order valence-electron chi connectivity index (χ0n) is 11.9. The molecule has 1 aromatic rings. The third-order valence-electron chi connectivity index (χ3n) is 3.65. The van der Waals surface area contributed by atoms with Gasteiger partial charge in [0.15, 0.2) is 0 Å². The summed E-state index contributed by atoms with van der Waals surface area (Å²) in [5.41, 5.74) is 7.01. The van der Waals surface area contributed by atoms with Gasteiger partial charge in [-0.05, 0) is 32.0 Å². The minimum absolute atomic E-state index is 0.0683. The van der Waals surface area contributed by atoms with E-state index in [1.165, 1.54) is 6.07 Å². The fraction of sp³-hybridized carbons (Fsp3) is 0.538. The molecule has 7 heteroatoms. The Balaban J connectivity index is 2.20. The number of benzene rings is 1. The van der Waals surface area contributed by atoms with E-state index in [0.29, 0.717) is 11.7 Å². The first-order valence-electron chi connectivity index (χ1n) is 6.70. The lowest BCUT2D eigenvalue weighted by Gasteiger charge is -2.38. The average Bonchev–Trinajstić information content (AvgIpc) is 2.37. The van der Waals surface area contributed by atoms with Crippen LogP contribution < -0.4 is 15.8 Å². The van der Waals surface area contributed by atoms with Gasteiger partial charge >= 0.3 is 0 Å². The molecule has 1 heterocycles. The van der Waals surface area contributed by atoms with Gasteiger partial charge in [-0.15, -0.1) is 0 Å². The summed E-state index contributed by atoms with van der Waals surface area (Å²) in [6, 6.07) is 5.30. The molecule has 6 nitrogen and oxygen atoms in total. The number of anilines is 2. The average molecular weight is 298 g/mol. The number of rotatable bonds is 3. The summed E-state index contributed by atoms with van der Waals surface area (Å²) in [6.07, 6.45) is 0. The van der Waals surface area contributed by atoms with Crippen molar-refractivity contribution in [2.24, 2.45) is 5.14 Å². The van der Waals surface area contributed by atoms with Crippen LogP contribution in [-0.2, 0) is 10.0 Å². The Bertz CT molecular complexity index is 578. The quantitative estimate of drug-likeness (QED) is 0.790. The lowest BCUT2D eigenvalue weighted by atomic mass is 10.2. The van der Waals surface area contributed by atoms with Gasteiger partial charge in [-0.2, -0.15) is 0 Å². The molecule has 0 radical (unpaired) electrons. The minimum Gasteiger partial charge on any atom is -0.399 e. The van der Waals surface area contributed by atoms with Gasteiger partial charge in [0.05, 0.1) is 4.90 Å². The van der Waals surface area contributed by atoms with E-state index in [1.807, 2.05) is 0 Å². The molecule has 1 aliphatic heterocycles. The molecule has 112 valence electrons. The van der Waals surface area contributed by atoms with Crippen molar-refractivity contribution in [1.82, 2.24) is 4.90 Å². The molecule has 0 bridgehead atoms. The number of primary sulfonamides is 1. The fourth-order valence-electron chi connectivity index (χ4n) is 2.45. The third-order valence-corrected chi connectivity index (χ3v) is 4.54. The summed E-state index contributed by atoms with van der Waals surface area (Å²) in [5.74, 6) is 0. The van der Waals surface area contributed by atoms with Crippen LogP contribution >= 0.6 is 0 Å². The van der Waals surface area contributed by atoms with Crippen molar-refractivity contribution in [2.75, 3.05) is 36.8 Å². The van der Waals surface area contributed by atoms with Crippen LogP contribution in [0.25, 0.3) is 0 Å². The maximum atomic E-state index is 11.5. The Morgan fingerprint density at radius 2 is 1.70 bits per heavy atom. The van der Waals surface area contributed by atoms with Crippen molar-refractivity contribution in [1.29, 1.82) is 0 Å². The van der Waals surface area contributed by atoms with Crippen molar-refractivity contribution in [2.45, 2.75) is 24.8 Å². The van der Waals surface area contributed by atoms with Crippen LogP contribution in [-0.4, -0.2) is 45.5 Å². The van der Waals surface area contributed by atoms with Crippen molar-refractivity contribution in [3.8, 4) is 0 Å². The third kappa shape index (κ3) is 3.41. The van der Waals surface area contributed by atoms with Crippen LogP contribution in [0.1, 0.15) is 13.8 Å². The lowest BCUT2D eigenvalue weighted by Crippen LogP contribution is -2.48. The van der Waals surface area contributed by atoms with Gasteiger partial charge in [-0.3, -0.25) is 4.90 Å². The molecule has 0 amide bonds. The molecular formula is C13H22N4O2S. The Labute approximate surface area is 120 Å². The molecule has 0 spiro atoms. The lowest BCUT2D eigenvalue weighted by molar-refractivity contribution is 0.209. The van der Waals surface area contributed by atoms with Gasteiger partial charge < -0.3 is 10.6 Å². The van der Waals surface area contributed by atoms with Crippen molar-refractivity contribution in [3.05, 3.63) is 18.2 Å². The Kier molecular flexibility index (Phi) is 4.22. The second-order valence-electron chi connectivity index (χ2n) is 5.42. The van der Waals surface area contributed by atoms with Crippen LogP contribution in [0, 0.1) is 0 Å². The van der Waals surface area contributed by atoms with Crippen molar-refractivity contribution in [3.63, 3.8) is 0 Å². The summed E-state index contributed by atoms with van der Waals surface area (Å²) < 4.78 is 22.9. The molecule has 20 heavy (non-hydrogen) atoms. The topological polar surface area (TPSA) is 92.7 Å². The van der Waals surface area contributed by atoms with E-state index in [1.54, 1.807) is 12.1 Å². The molecule has 0 aliphatic carbocycles. The molecule has 0 aromatic heterocycles. The van der Waals surface area contributed by atoms with E-state index in [0.717, 1.165) is 31.9 Å². The van der Waals surface area contributed by atoms with E-state index < -0.39 is 10.0 Å². The maximum absolute atomic E-state index is 11.5. The first-order valence-corrected chi connectivity index (χ1v) is 8.24. The minimum atomic E-state index is -3.73. The van der Waals surface area contributed by atoms with Gasteiger partial charge in [0, 0.05) is 43.6 Å². The summed E-state index contributed by atoms with van der Waals surface area (Å²) >= 11 is 0. The summed E-state index contributed by atoms with van der Waals surface area (Å²) in [4.78, 5) is 4.60. The standard InChI is InChI=1S/C13H22N4O2S/c1-10(2)16-3-5-17(6-4-16)12-7-11(14)8-13(9-12)20(15,18)19/h7-10H,3-6,14H2,1-2H3,(H2,15,18,19). The first kappa shape index (κ1) is 15.1. The number of sulfonamides is 1. The number of piperazine rings is 1. The number of nitrogens with two attached hydrogens (primary N) is 2. The highest BCUT2D eigenvalue weighted by atomic mass is 32.2. The Hall–Kier alpha value is -1.31. The first-order chi connectivity index (χ1) is 9.27. The van der Waals surface area contributed by atoms with Crippen LogP contribution in [0.2, 0.25) is 0 Å². The second-order valence-corrected chi connectivity index (χ2v) is 6.98. The highest BCUT2D eigenvalue weighted by Gasteiger charge is 2.20. The molecule has 1 aliphatic rings. The van der Waals surface area contributed by atoms with Crippen molar-refractivity contribution >= 4 is 21.4 Å². The molecule has 4 N–H and O–H groups in total. The van der Waals surface area contributed by atoms with Gasteiger partial charge in [0.2, 0.25) is 10.0 Å². The SMILES string of the molecule is CC(C)N1CCN(c2cc(N)cc(S(N)(=O)=O)c2)CC1. The highest BCUT2D eigenvalue weighted by Crippen LogP contribution is 2.24. The van der Waals surface area contributed by atoms with Gasteiger partial charge in [0.1, 0.15) is 0 Å². The predicted molar refractivity (Wildman–Crippen MR) is 81.1 cm³/mol. The molecule has 1 fully saturated rings. The fourth-order valence-corrected chi connectivity index (χ4v) is 3.03. The van der Waals surface area contributed by atoms with Gasteiger partial charge in [-0.1, -0.05) is 0 Å². The molecule has 2 rings (SSSR count). The van der Waals surface area contributed by atoms with E-state index in [2.05, 4.69) is 23.6 Å². The van der Waals surface area contributed by atoms with Gasteiger partial charge in [-0.25, -0.2) is 13.6 Å². The summed E-state index contributed by atoms with van der Waals surface area (Å²) in [6.45, 7) is 7.97. The molecule has 1 saturated heterocycles. The molecule has 0 unspecified atom stereocenters. The van der Waals surface area contributed by atoms with Crippen molar-refractivity contribution < 1.29 is 8.42 Å². The monoisotopic (exact) mass is 298 g/mol. The number of nitrogen functional groups attached to an aromatic ring is 1. The summed E-state index contributed by atoms with van der Waals surface area (Å²) in [7, 11) is -3.73. The van der Waals surface area contributed by atoms with E-state index in [-0.39, 0.29) is 4.90 Å². The van der Waals surface area contributed by atoms with E-state index in [4.69, 9.17) is 10.9 Å². The van der Waals surface area contributed by atoms with Crippen LogP contribution in [0.5, 0.6) is 0 Å². The predicted octanol–water partition coefficient (Wildman–Crippen LogP) is 0.447. The summed E-state index contributed by atoms with van der Waals surface area (Å²) in [5, 5.41) is 5.18. The Morgan fingerprint density at radius 3 is 2.20 bits per heavy atom. The van der Waals surface area contributed by atoms with Crippen LogP contribution in [0.3, 0.4) is 0 Å². The molecular weight excluding hydrogens is 276 g/mol. The molecule has 1 aromatic carbocycles. The van der Waals surface area contributed by atoms with Crippen LogP contribution in [0.4, 0.5) is 11.4 Å². The van der Waals surface area contributed by atoms with Crippen LogP contribution in [0.15, 0.2) is 23.1 Å². The molecule has 0 atom stereocenters. The zero-order chi connectivity index (χ0) is 14.9. The largest absolute Gasteiger partial charge is 0.399 e. The normalized spacial score (nSPS) is 17.7. The smallest absolute Gasteiger partial charge is 0.238 e. The number of hydrogen-bond donors (Lipinski definition) is 2. The van der Waals surface area contributed by atoms with E-state index in [9.17, 15) is 8.42 Å². The maximum Gasteiger partial charge on any atom is 0.238 e. The molecule has 0 saturated carbocycles. The zero-order valence-corrected chi connectivity index (χ0v) is 12.7. The van der Waals surface area contributed by atoms with Gasteiger partial charge in [0.25, 0.3) is 0 Å². The second kappa shape index (κ2) is 5.59. The number of nitrogens with zero attached hydrogens (tertiary/aromatic N) is 2.